The Morgan fingerprint density at radius 1 is 0.396 bits per heavy atom. The Morgan fingerprint density at radius 3 is 1.44 bits per heavy atom. The van der Waals surface area contributed by atoms with E-state index in [0.717, 1.165) is 33.5 Å². The van der Waals surface area contributed by atoms with E-state index in [1.807, 2.05) is 0 Å². The van der Waals surface area contributed by atoms with E-state index in [1.54, 1.807) is 0 Å². The monoisotopic (exact) mass is 614 g/mol. The molecule has 8 aromatic rings. The molecule has 2 aliphatic carbocycles. The van der Waals surface area contributed by atoms with E-state index < -0.39 is 0 Å². The average molecular weight is 615 g/mol. The van der Waals surface area contributed by atoms with Gasteiger partial charge in [-0.25, -0.2) is 9.97 Å². The molecule has 0 N–H and O–H groups in total. The van der Waals surface area contributed by atoms with E-state index in [9.17, 15) is 0 Å². The number of nitrogens with zero attached hydrogens (tertiary/aromatic N) is 2. The maximum atomic E-state index is 5.36. The third-order valence-electron chi connectivity index (χ3n) is 11.2. The zero-order valence-corrected chi connectivity index (χ0v) is 27.6. The van der Waals surface area contributed by atoms with E-state index >= 15 is 0 Å². The molecule has 0 spiro atoms. The SMILES string of the molecule is CC1(C)c2cc(-c3nc(-c4ccc5c(c4)C(C)(C)c4cc6ccccc6cc4-5)c4ccccc4n3)ccc2-c2cc3ccccc3cc21. The Balaban J connectivity index is 1.13. The Kier molecular flexibility index (Phi) is 5.44. The molecule has 0 atom stereocenters. The molecule has 48 heavy (non-hydrogen) atoms. The number of hydrogen-bond acceptors (Lipinski definition) is 2. The van der Waals surface area contributed by atoms with Crippen LogP contribution in [0.4, 0.5) is 0 Å². The molecular weight excluding hydrogens is 581 g/mol. The highest BCUT2D eigenvalue weighted by Gasteiger charge is 2.37. The first kappa shape index (κ1) is 27.5. The highest BCUT2D eigenvalue weighted by Crippen LogP contribution is 2.52. The van der Waals surface area contributed by atoms with Crippen LogP contribution in [0.5, 0.6) is 0 Å². The zero-order chi connectivity index (χ0) is 32.4. The van der Waals surface area contributed by atoms with Crippen molar-refractivity contribution < 1.29 is 0 Å². The van der Waals surface area contributed by atoms with Crippen LogP contribution in [0.1, 0.15) is 49.9 Å². The van der Waals surface area contributed by atoms with Crippen LogP contribution in [-0.4, -0.2) is 9.97 Å². The maximum absolute atomic E-state index is 5.36. The molecule has 0 unspecified atom stereocenters. The van der Waals surface area contributed by atoms with Crippen molar-refractivity contribution in [3.63, 3.8) is 0 Å². The summed E-state index contributed by atoms with van der Waals surface area (Å²) < 4.78 is 0. The topological polar surface area (TPSA) is 25.8 Å². The molecule has 0 amide bonds. The fourth-order valence-electron chi connectivity index (χ4n) is 8.56. The van der Waals surface area contributed by atoms with Gasteiger partial charge in [-0.1, -0.05) is 119 Å². The standard InChI is InChI=1S/C46H34N2/c1-45(2)38-25-31(17-19-33(38)36-21-27-11-5-7-13-29(27)23-40(36)45)43-35-15-9-10-16-42(35)47-44(48-43)32-18-20-34-37-22-28-12-6-8-14-30(28)24-41(37)46(3,4)39(34)26-32/h5-26H,1-4H3. The van der Waals surface area contributed by atoms with Gasteiger partial charge in [0.1, 0.15) is 0 Å². The van der Waals surface area contributed by atoms with Crippen molar-refractivity contribution in [2.24, 2.45) is 0 Å². The molecule has 1 aromatic heterocycles. The summed E-state index contributed by atoms with van der Waals surface area (Å²) in [5, 5.41) is 6.21. The summed E-state index contributed by atoms with van der Waals surface area (Å²) >= 11 is 0. The smallest absolute Gasteiger partial charge is 0.160 e. The van der Waals surface area contributed by atoms with Crippen LogP contribution in [-0.2, 0) is 10.8 Å². The summed E-state index contributed by atoms with van der Waals surface area (Å²) in [5.74, 6) is 0.762. The number of rotatable bonds is 2. The largest absolute Gasteiger partial charge is 0.228 e. The quantitative estimate of drug-likeness (QED) is 0.194. The van der Waals surface area contributed by atoms with Crippen LogP contribution >= 0.6 is 0 Å². The molecule has 0 saturated heterocycles. The first-order valence-corrected chi connectivity index (χ1v) is 16.9. The van der Waals surface area contributed by atoms with E-state index in [2.05, 4.69) is 161 Å². The fraction of sp³-hybridized carbons (Fsp3) is 0.130. The molecule has 228 valence electrons. The highest BCUT2D eigenvalue weighted by molar-refractivity contribution is 5.98. The Labute approximate surface area is 280 Å². The highest BCUT2D eigenvalue weighted by atomic mass is 14.9. The summed E-state index contributed by atoms with van der Waals surface area (Å²) in [6.45, 7) is 9.40. The van der Waals surface area contributed by atoms with Crippen molar-refractivity contribution in [3.05, 3.63) is 156 Å². The normalized spacial score (nSPS) is 15.0. The summed E-state index contributed by atoms with van der Waals surface area (Å²) in [6, 6.07) is 49.0. The Hall–Kier alpha value is -5.60. The van der Waals surface area contributed by atoms with Crippen LogP contribution in [0.2, 0.25) is 0 Å². The van der Waals surface area contributed by atoms with Gasteiger partial charge in [0.25, 0.3) is 0 Å². The van der Waals surface area contributed by atoms with E-state index in [1.165, 1.54) is 66.1 Å². The third-order valence-corrected chi connectivity index (χ3v) is 11.2. The molecule has 2 nitrogen and oxygen atoms in total. The molecule has 10 rings (SSSR count). The lowest BCUT2D eigenvalue weighted by Gasteiger charge is -2.23. The van der Waals surface area contributed by atoms with Crippen LogP contribution in [0.15, 0.2) is 133 Å². The van der Waals surface area contributed by atoms with Gasteiger partial charge in [0, 0.05) is 27.3 Å². The molecule has 0 fully saturated rings. The Bertz CT molecular complexity index is 2680. The molecule has 0 radical (unpaired) electrons. The number of benzene rings is 7. The second-order valence-electron chi connectivity index (χ2n) is 14.7. The van der Waals surface area contributed by atoms with Crippen LogP contribution < -0.4 is 0 Å². The molecule has 2 aliphatic rings. The van der Waals surface area contributed by atoms with Gasteiger partial charge in [0.2, 0.25) is 0 Å². The molecule has 2 heteroatoms. The minimum atomic E-state index is -0.129. The minimum absolute atomic E-state index is 0.123. The van der Waals surface area contributed by atoms with E-state index in [0.29, 0.717) is 0 Å². The van der Waals surface area contributed by atoms with Crippen molar-refractivity contribution in [2.45, 2.75) is 38.5 Å². The predicted octanol–water partition coefficient (Wildman–Crippen LogP) is 11.9. The zero-order valence-electron chi connectivity index (χ0n) is 27.6. The first-order valence-electron chi connectivity index (χ1n) is 16.9. The van der Waals surface area contributed by atoms with Gasteiger partial charge in [0.05, 0.1) is 11.2 Å². The summed E-state index contributed by atoms with van der Waals surface area (Å²) in [5.41, 5.74) is 14.6. The molecule has 0 saturated carbocycles. The minimum Gasteiger partial charge on any atom is -0.228 e. The number of hydrogen-bond donors (Lipinski definition) is 0. The van der Waals surface area contributed by atoms with Crippen molar-refractivity contribution >= 4 is 32.4 Å². The summed E-state index contributed by atoms with van der Waals surface area (Å²) in [4.78, 5) is 10.5. The van der Waals surface area contributed by atoms with Gasteiger partial charge in [0.15, 0.2) is 5.82 Å². The molecule has 1 heterocycles. The van der Waals surface area contributed by atoms with Crippen molar-refractivity contribution in [2.75, 3.05) is 0 Å². The molecule has 7 aromatic carbocycles. The van der Waals surface area contributed by atoms with Gasteiger partial charge < -0.3 is 0 Å². The van der Waals surface area contributed by atoms with Gasteiger partial charge in [-0.3, -0.25) is 0 Å². The van der Waals surface area contributed by atoms with Crippen molar-refractivity contribution in [1.29, 1.82) is 0 Å². The lowest BCUT2D eigenvalue weighted by atomic mass is 9.81. The lowest BCUT2D eigenvalue weighted by Crippen LogP contribution is -2.15. The summed E-state index contributed by atoms with van der Waals surface area (Å²) in [6.07, 6.45) is 0. The van der Waals surface area contributed by atoms with Gasteiger partial charge in [-0.2, -0.15) is 0 Å². The van der Waals surface area contributed by atoms with E-state index in [4.69, 9.17) is 9.97 Å². The van der Waals surface area contributed by atoms with Crippen molar-refractivity contribution in [3.8, 4) is 44.9 Å². The molecule has 0 aliphatic heterocycles. The Morgan fingerprint density at radius 2 is 0.854 bits per heavy atom. The second-order valence-corrected chi connectivity index (χ2v) is 14.7. The molecule has 0 bridgehead atoms. The van der Waals surface area contributed by atoms with Gasteiger partial charge >= 0.3 is 0 Å². The predicted molar refractivity (Wildman–Crippen MR) is 201 cm³/mol. The maximum Gasteiger partial charge on any atom is 0.160 e. The first-order chi connectivity index (χ1) is 23.3. The van der Waals surface area contributed by atoms with E-state index in [-0.39, 0.29) is 10.8 Å². The number of aromatic nitrogens is 2. The number of para-hydroxylation sites is 1. The van der Waals surface area contributed by atoms with Crippen molar-refractivity contribution in [1.82, 2.24) is 9.97 Å². The third kappa shape index (κ3) is 3.75. The van der Waals surface area contributed by atoms with Gasteiger partial charge in [-0.05, 0) is 109 Å². The van der Waals surface area contributed by atoms with Gasteiger partial charge in [-0.15, -0.1) is 0 Å². The van der Waals surface area contributed by atoms with Crippen LogP contribution in [0.3, 0.4) is 0 Å². The van der Waals surface area contributed by atoms with Crippen LogP contribution in [0, 0.1) is 0 Å². The second kappa shape index (κ2) is 9.49. The number of fused-ring (bicyclic) bond motifs is 9. The molecular formula is C46H34N2. The average Bonchev–Trinajstić information content (AvgIpc) is 3.47. The summed E-state index contributed by atoms with van der Waals surface area (Å²) in [7, 11) is 0. The van der Waals surface area contributed by atoms with Crippen LogP contribution in [0.25, 0.3) is 77.3 Å². The lowest BCUT2D eigenvalue weighted by molar-refractivity contribution is 0.661. The fourth-order valence-corrected chi connectivity index (χ4v) is 8.56.